The lowest BCUT2D eigenvalue weighted by atomic mass is 10.0. The summed E-state index contributed by atoms with van der Waals surface area (Å²) in [5.74, 6) is 3.71. The number of fused-ring (bicyclic) bond motifs is 5. The molecule has 4 nitrogen and oxygen atoms in total. The molecule has 3 aliphatic carbocycles. The average Bonchev–Trinajstić information content (AvgIpc) is 2.80. The lowest BCUT2D eigenvalue weighted by molar-refractivity contribution is -0.124. The van der Waals surface area contributed by atoms with Crippen molar-refractivity contribution in [1.82, 2.24) is 5.32 Å². The zero-order chi connectivity index (χ0) is 12.7. The summed E-state index contributed by atoms with van der Waals surface area (Å²) in [5, 5.41) is 3.13. The van der Waals surface area contributed by atoms with Crippen LogP contribution >= 0.6 is 0 Å². The van der Waals surface area contributed by atoms with E-state index in [1.807, 2.05) is 0 Å². The first kappa shape index (κ1) is 12.4. The molecule has 0 aliphatic heterocycles. The Labute approximate surface area is 109 Å². The molecule has 18 heavy (non-hydrogen) atoms. The summed E-state index contributed by atoms with van der Waals surface area (Å²) in [4.78, 5) is 12.3. The maximum atomic E-state index is 12.3. The number of carbonyl (C=O) groups excluding carboxylic acids is 1. The Balaban J connectivity index is 1.53. The molecule has 5 unspecified atom stereocenters. The molecular weight excluding hydrogens is 228 g/mol. The molecule has 3 aliphatic rings. The number of methoxy groups -OCH3 is 1. The van der Waals surface area contributed by atoms with E-state index in [0.29, 0.717) is 30.9 Å². The maximum Gasteiger partial charge on any atom is 0.224 e. The SMILES string of the molecule is COCC(CCN)NC(=O)C1C2C3CCC(C3)C12. The maximum absolute atomic E-state index is 12.3. The van der Waals surface area contributed by atoms with Crippen LogP contribution < -0.4 is 11.1 Å². The topological polar surface area (TPSA) is 64.3 Å². The van der Waals surface area contributed by atoms with E-state index in [1.165, 1.54) is 19.3 Å². The van der Waals surface area contributed by atoms with Crippen molar-refractivity contribution in [3.63, 3.8) is 0 Å². The second kappa shape index (κ2) is 4.82. The van der Waals surface area contributed by atoms with Gasteiger partial charge in [0.25, 0.3) is 0 Å². The van der Waals surface area contributed by atoms with Gasteiger partial charge in [-0.15, -0.1) is 0 Å². The smallest absolute Gasteiger partial charge is 0.224 e. The van der Waals surface area contributed by atoms with Crippen LogP contribution in [0, 0.1) is 29.6 Å². The van der Waals surface area contributed by atoms with Gasteiger partial charge in [-0.2, -0.15) is 0 Å². The van der Waals surface area contributed by atoms with Crippen LogP contribution in [0.2, 0.25) is 0 Å². The average molecular weight is 252 g/mol. The highest BCUT2D eigenvalue weighted by atomic mass is 16.5. The molecule has 4 heteroatoms. The molecule has 0 aromatic heterocycles. The van der Waals surface area contributed by atoms with Crippen molar-refractivity contribution in [2.45, 2.75) is 31.7 Å². The second-order valence-corrected chi connectivity index (χ2v) is 6.25. The Hall–Kier alpha value is -0.610. The van der Waals surface area contributed by atoms with Crippen LogP contribution in [0.1, 0.15) is 25.7 Å². The molecule has 0 radical (unpaired) electrons. The zero-order valence-electron chi connectivity index (χ0n) is 11.1. The molecule has 3 fully saturated rings. The quantitative estimate of drug-likeness (QED) is 0.733. The van der Waals surface area contributed by atoms with Gasteiger partial charge in [0.1, 0.15) is 0 Å². The fourth-order valence-corrected chi connectivity index (χ4v) is 4.57. The fourth-order valence-electron chi connectivity index (χ4n) is 4.57. The van der Waals surface area contributed by atoms with Crippen molar-refractivity contribution in [2.24, 2.45) is 35.3 Å². The van der Waals surface area contributed by atoms with Crippen LogP contribution in [0.3, 0.4) is 0 Å². The van der Waals surface area contributed by atoms with Crippen LogP contribution in [0.25, 0.3) is 0 Å². The van der Waals surface area contributed by atoms with E-state index in [4.69, 9.17) is 10.5 Å². The number of nitrogens with one attached hydrogen (secondary N) is 1. The minimum absolute atomic E-state index is 0.0893. The number of carbonyl (C=O) groups is 1. The molecule has 0 heterocycles. The molecule has 2 bridgehead atoms. The van der Waals surface area contributed by atoms with Crippen LogP contribution in [-0.4, -0.2) is 32.2 Å². The summed E-state index contributed by atoms with van der Waals surface area (Å²) in [6.45, 7) is 1.16. The Bertz CT molecular complexity index is 312. The summed E-state index contributed by atoms with van der Waals surface area (Å²) in [5.41, 5.74) is 5.57. The van der Waals surface area contributed by atoms with Crippen molar-refractivity contribution < 1.29 is 9.53 Å². The van der Waals surface area contributed by atoms with Crippen LogP contribution in [0.15, 0.2) is 0 Å². The molecule has 102 valence electrons. The molecule has 0 spiro atoms. The first-order valence-electron chi connectivity index (χ1n) is 7.25. The number of rotatable bonds is 6. The molecule has 0 aromatic carbocycles. The van der Waals surface area contributed by atoms with Crippen molar-refractivity contribution >= 4 is 5.91 Å². The molecule has 1 amide bonds. The van der Waals surface area contributed by atoms with E-state index in [0.717, 1.165) is 18.3 Å². The second-order valence-electron chi connectivity index (χ2n) is 6.25. The van der Waals surface area contributed by atoms with E-state index in [9.17, 15) is 4.79 Å². The Kier molecular flexibility index (Phi) is 3.32. The highest BCUT2D eigenvalue weighted by Gasteiger charge is 2.67. The van der Waals surface area contributed by atoms with Crippen molar-refractivity contribution in [3.05, 3.63) is 0 Å². The highest BCUT2D eigenvalue weighted by molar-refractivity contribution is 5.83. The summed E-state index contributed by atoms with van der Waals surface area (Å²) in [6.07, 6.45) is 4.91. The number of amides is 1. The van der Waals surface area contributed by atoms with Gasteiger partial charge < -0.3 is 15.8 Å². The molecule has 0 aromatic rings. The first-order valence-corrected chi connectivity index (χ1v) is 7.25. The van der Waals surface area contributed by atoms with Gasteiger partial charge >= 0.3 is 0 Å². The van der Waals surface area contributed by atoms with E-state index in [1.54, 1.807) is 7.11 Å². The lowest BCUT2D eigenvalue weighted by Gasteiger charge is -2.18. The van der Waals surface area contributed by atoms with Crippen molar-refractivity contribution in [2.75, 3.05) is 20.3 Å². The lowest BCUT2D eigenvalue weighted by Crippen LogP contribution is -2.41. The van der Waals surface area contributed by atoms with Gasteiger partial charge in [-0.05, 0) is 55.9 Å². The molecule has 3 saturated carbocycles. The molecule has 3 N–H and O–H groups in total. The van der Waals surface area contributed by atoms with Gasteiger partial charge in [-0.3, -0.25) is 4.79 Å². The predicted octanol–water partition coefficient (Wildman–Crippen LogP) is 0.759. The van der Waals surface area contributed by atoms with Crippen molar-refractivity contribution in [3.8, 4) is 0 Å². The normalized spacial score (nSPS) is 41.6. The van der Waals surface area contributed by atoms with E-state index in [2.05, 4.69) is 5.32 Å². The van der Waals surface area contributed by atoms with Crippen LogP contribution in [-0.2, 0) is 9.53 Å². The standard InChI is InChI=1S/C14H24N2O2/c1-18-7-10(4-5-15)16-14(17)13-11-8-2-3-9(6-8)12(11)13/h8-13H,2-7,15H2,1H3,(H,16,17). The summed E-state index contributed by atoms with van der Waals surface area (Å²) < 4.78 is 5.14. The Morgan fingerprint density at radius 2 is 2.06 bits per heavy atom. The largest absolute Gasteiger partial charge is 0.383 e. The fraction of sp³-hybridized carbons (Fsp3) is 0.929. The van der Waals surface area contributed by atoms with Gasteiger partial charge in [0.15, 0.2) is 0 Å². The van der Waals surface area contributed by atoms with Gasteiger partial charge in [-0.1, -0.05) is 0 Å². The first-order chi connectivity index (χ1) is 8.76. The number of nitrogens with two attached hydrogens (primary N) is 1. The van der Waals surface area contributed by atoms with Gasteiger partial charge in [-0.25, -0.2) is 0 Å². The predicted molar refractivity (Wildman–Crippen MR) is 68.8 cm³/mol. The summed E-state index contributed by atoms with van der Waals surface area (Å²) in [7, 11) is 1.67. The van der Waals surface area contributed by atoms with E-state index < -0.39 is 0 Å². The van der Waals surface area contributed by atoms with E-state index in [-0.39, 0.29) is 11.9 Å². The Morgan fingerprint density at radius 1 is 1.39 bits per heavy atom. The molecular formula is C14H24N2O2. The zero-order valence-corrected chi connectivity index (χ0v) is 11.1. The third kappa shape index (κ3) is 1.95. The third-order valence-corrected chi connectivity index (χ3v) is 5.27. The number of hydrogen-bond donors (Lipinski definition) is 2. The summed E-state index contributed by atoms with van der Waals surface area (Å²) in [6, 6.07) is 0.0893. The highest BCUT2D eigenvalue weighted by Crippen LogP contribution is 2.69. The molecule has 0 saturated heterocycles. The van der Waals surface area contributed by atoms with Gasteiger partial charge in [0.05, 0.1) is 12.6 Å². The van der Waals surface area contributed by atoms with Crippen LogP contribution in [0.5, 0.6) is 0 Å². The van der Waals surface area contributed by atoms with Gasteiger partial charge in [0, 0.05) is 13.0 Å². The number of ether oxygens (including phenoxy) is 1. The minimum atomic E-state index is 0.0893. The number of hydrogen-bond acceptors (Lipinski definition) is 3. The Morgan fingerprint density at radius 3 is 2.61 bits per heavy atom. The molecule has 3 rings (SSSR count). The van der Waals surface area contributed by atoms with Crippen molar-refractivity contribution in [1.29, 1.82) is 0 Å². The van der Waals surface area contributed by atoms with Crippen LogP contribution in [0.4, 0.5) is 0 Å². The van der Waals surface area contributed by atoms with Gasteiger partial charge in [0.2, 0.25) is 5.91 Å². The monoisotopic (exact) mass is 252 g/mol. The van der Waals surface area contributed by atoms with E-state index >= 15 is 0 Å². The summed E-state index contributed by atoms with van der Waals surface area (Å²) >= 11 is 0. The minimum Gasteiger partial charge on any atom is -0.383 e. The third-order valence-electron chi connectivity index (χ3n) is 5.27. The molecule has 5 atom stereocenters.